The molecular formula is C25H28FN5OS. The molecule has 2 fully saturated rings. The van der Waals surface area contributed by atoms with Crippen LogP contribution in [0.15, 0.2) is 53.9 Å². The number of nitrogens with zero attached hydrogens (tertiary/aromatic N) is 4. The molecule has 3 unspecified atom stereocenters. The molecule has 8 heteroatoms. The summed E-state index contributed by atoms with van der Waals surface area (Å²) in [6, 6.07) is 10.6. The van der Waals surface area contributed by atoms with E-state index in [4.69, 9.17) is 0 Å². The predicted octanol–water partition coefficient (Wildman–Crippen LogP) is 5.34. The highest BCUT2D eigenvalue weighted by atomic mass is 32.2. The van der Waals surface area contributed by atoms with Crippen LogP contribution in [0.3, 0.4) is 0 Å². The zero-order chi connectivity index (χ0) is 22.8. The number of pyridine rings is 1. The molecule has 3 aromatic rings. The van der Waals surface area contributed by atoms with Gasteiger partial charge in [0.25, 0.3) is 0 Å². The van der Waals surface area contributed by atoms with Gasteiger partial charge in [0.15, 0.2) is 11.0 Å². The van der Waals surface area contributed by atoms with Gasteiger partial charge in [-0.2, -0.15) is 0 Å². The molecule has 0 radical (unpaired) electrons. The van der Waals surface area contributed by atoms with E-state index in [2.05, 4.69) is 32.0 Å². The van der Waals surface area contributed by atoms with Gasteiger partial charge in [-0.25, -0.2) is 4.39 Å². The van der Waals surface area contributed by atoms with Gasteiger partial charge in [0.1, 0.15) is 11.1 Å². The van der Waals surface area contributed by atoms with Crippen LogP contribution in [0.25, 0.3) is 11.4 Å². The van der Waals surface area contributed by atoms with Crippen LogP contribution >= 0.6 is 11.8 Å². The number of halogens is 1. The largest absolute Gasteiger partial charge is 0.352 e. The minimum Gasteiger partial charge on any atom is -0.352 e. The first-order valence-corrected chi connectivity index (χ1v) is 12.6. The van der Waals surface area contributed by atoms with Crippen molar-refractivity contribution in [1.82, 2.24) is 25.1 Å². The molecule has 0 aliphatic heterocycles. The van der Waals surface area contributed by atoms with E-state index in [9.17, 15) is 9.18 Å². The number of hydrogen-bond acceptors (Lipinski definition) is 5. The van der Waals surface area contributed by atoms with Crippen molar-refractivity contribution < 1.29 is 9.18 Å². The molecule has 1 aromatic carbocycles. The van der Waals surface area contributed by atoms with Gasteiger partial charge in [-0.05, 0) is 61.4 Å². The standard InChI is InChI=1S/C25H28FN5OS/c1-16-5-2-3-7-21(16)31-23(18-6-4-14-27-15-18)29-30-25(31)33-22(24(32)28-20-12-13-20)17-8-10-19(26)11-9-17/h4,6,8-11,14-16,20-22H,2-3,5,7,12-13H2,1H3,(H,28,32). The number of carbonyl (C=O) groups excluding carboxylic acids is 1. The van der Waals surface area contributed by atoms with Crippen molar-refractivity contribution in [1.29, 1.82) is 0 Å². The molecule has 1 N–H and O–H groups in total. The SMILES string of the molecule is CC1CCCCC1n1c(SC(C(=O)NC2CC2)c2ccc(F)cc2)nnc1-c1cccnc1. The summed E-state index contributed by atoms with van der Waals surface area (Å²) in [7, 11) is 0. The summed E-state index contributed by atoms with van der Waals surface area (Å²) in [6.07, 6.45) is 10.2. The van der Waals surface area contributed by atoms with Crippen LogP contribution in [0.5, 0.6) is 0 Å². The Morgan fingerprint density at radius 1 is 1.12 bits per heavy atom. The second kappa shape index (κ2) is 9.63. The average Bonchev–Trinajstić information content (AvgIpc) is 3.55. The van der Waals surface area contributed by atoms with Crippen molar-refractivity contribution in [3.8, 4) is 11.4 Å². The van der Waals surface area contributed by atoms with E-state index in [0.29, 0.717) is 11.1 Å². The Morgan fingerprint density at radius 2 is 1.91 bits per heavy atom. The summed E-state index contributed by atoms with van der Waals surface area (Å²) in [5.74, 6) is 0.880. The maximum Gasteiger partial charge on any atom is 0.238 e. The van der Waals surface area contributed by atoms with E-state index in [1.807, 2.05) is 12.1 Å². The topological polar surface area (TPSA) is 72.7 Å². The van der Waals surface area contributed by atoms with Gasteiger partial charge < -0.3 is 5.32 Å². The zero-order valence-electron chi connectivity index (χ0n) is 18.7. The summed E-state index contributed by atoms with van der Waals surface area (Å²) in [5.41, 5.74) is 1.67. The third kappa shape index (κ3) is 4.95. The number of hydrogen-bond donors (Lipinski definition) is 1. The van der Waals surface area contributed by atoms with Crippen molar-refractivity contribution in [3.63, 3.8) is 0 Å². The number of nitrogens with one attached hydrogen (secondary N) is 1. The molecule has 2 aliphatic carbocycles. The van der Waals surface area contributed by atoms with Crippen molar-refractivity contribution >= 4 is 17.7 Å². The molecule has 2 aliphatic rings. The number of aromatic nitrogens is 4. The molecule has 1 amide bonds. The molecule has 172 valence electrons. The Bertz CT molecular complexity index is 1100. The number of carbonyl (C=O) groups is 1. The van der Waals surface area contributed by atoms with Gasteiger partial charge >= 0.3 is 0 Å². The lowest BCUT2D eigenvalue weighted by molar-refractivity contribution is -0.120. The summed E-state index contributed by atoms with van der Waals surface area (Å²) in [4.78, 5) is 17.5. The zero-order valence-corrected chi connectivity index (χ0v) is 19.5. The van der Waals surface area contributed by atoms with Gasteiger partial charge in [-0.15, -0.1) is 10.2 Å². The monoisotopic (exact) mass is 465 g/mol. The molecule has 0 bridgehead atoms. The predicted molar refractivity (Wildman–Crippen MR) is 126 cm³/mol. The normalized spacial score (nSPS) is 21.5. The summed E-state index contributed by atoms with van der Waals surface area (Å²) in [6.45, 7) is 2.28. The maximum atomic E-state index is 13.6. The fourth-order valence-electron chi connectivity index (χ4n) is 4.55. The van der Waals surface area contributed by atoms with Crippen LogP contribution in [0.2, 0.25) is 0 Å². The van der Waals surface area contributed by atoms with Gasteiger partial charge in [-0.1, -0.05) is 43.7 Å². The lowest BCUT2D eigenvalue weighted by Gasteiger charge is -2.32. The van der Waals surface area contributed by atoms with Gasteiger partial charge in [-0.3, -0.25) is 14.3 Å². The quantitative estimate of drug-likeness (QED) is 0.477. The second-order valence-electron chi connectivity index (χ2n) is 9.08. The van der Waals surface area contributed by atoms with Gasteiger partial charge in [0.2, 0.25) is 5.91 Å². The van der Waals surface area contributed by atoms with Crippen LogP contribution in [0.1, 0.15) is 62.3 Å². The molecule has 3 atom stereocenters. The number of benzene rings is 1. The van der Waals surface area contributed by atoms with E-state index in [0.717, 1.165) is 49.1 Å². The number of rotatable bonds is 7. The van der Waals surface area contributed by atoms with Crippen LogP contribution in [-0.2, 0) is 4.79 Å². The third-order valence-corrected chi connectivity index (χ3v) is 7.75. The molecular weight excluding hydrogens is 437 g/mol. The summed E-state index contributed by atoms with van der Waals surface area (Å²) >= 11 is 1.40. The Hall–Kier alpha value is -2.74. The van der Waals surface area contributed by atoms with E-state index in [1.54, 1.807) is 24.5 Å². The van der Waals surface area contributed by atoms with Crippen molar-refractivity contribution in [3.05, 3.63) is 60.2 Å². The Labute approximate surface area is 197 Å². The van der Waals surface area contributed by atoms with Crippen LogP contribution in [-0.4, -0.2) is 31.7 Å². The molecule has 0 saturated heterocycles. The van der Waals surface area contributed by atoms with E-state index in [-0.39, 0.29) is 23.8 Å². The molecule has 0 spiro atoms. The third-order valence-electron chi connectivity index (χ3n) is 6.54. The molecule has 6 nitrogen and oxygen atoms in total. The van der Waals surface area contributed by atoms with E-state index in [1.165, 1.54) is 30.3 Å². The van der Waals surface area contributed by atoms with Crippen molar-refractivity contribution in [2.45, 2.75) is 67.9 Å². The van der Waals surface area contributed by atoms with Gasteiger partial charge in [0.05, 0.1) is 0 Å². The highest BCUT2D eigenvalue weighted by Gasteiger charge is 2.33. The van der Waals surface area contributed by atoms with Crippen LogP contribution in [0, 0.1) is 11.7 Å². The first-order valence-electron chi connectivity index (χ1n) is 11.7. The fraction of sp³-hybridized carbons (Fsp3) is 0.440. The lowest BCUT2D eigenvalue weighted by Crippen LogP contribution is -2.30. The molecule has 2 aromatic heterocycles. The first-order chi connectivity index (χ1) is 16.1. The van der Waals surface area contributed by atoms with Crippen molar-refractivity contribution in [2.24, 2.45) is 5.92 Å². The average molecular weight is 466 g/mol. The summed E-state index contributed by atoms with van der Waals surface area (Å²) < 4.78 is 15.8. The smallest absolute Gasteiger partial charge is 0.238 e. The van der Waals surface area contributed by atoms with E-state index >= 15 is 0 Å². The first kappa shape index (κ1) is 22.1. The molecule has 5 rings (SSSR count). The second-order valence-corrected chi connectivity index (χ2v) is 10.2. The van der Waals surface area contributed by atoms with Crippen molar-refractivity contribution in [2.75, 3.05) is 0 Å². The Morgan fingerprint density at radius 3 is 2.61 bits per heavy atom. The Balaban J connectivity index is 1.54. The highest BCUT2D eigenvalue weighted by Crippen LogP contribution is 2.42. The minimum atomic E-state index is -0.533. The number of amides is 1. The van der Waals surface area contributed by atoms with Gasteiger partial charge in [0, 0.05) is 30.0 Å². The molecule has 33 heavy (non-hydrogen) atoms. The molecule has 2 heterocycles. The fourth-order valence-corrected chi connectivity index (χ4v) is 5.65. The summed E-state index contributed by atoms with van der Waals surface area (Å²) in [5, 5.41) is 12.4. The van der Waals surface area contributed by atoms with Crippen LogP contribution < -0.4 is 5.32 Å². The maximum absolute atomic E-state index is 13.6. The molecule has 2 saturated carbocycles. The van der Waals surface area contributed by atoms with Crippen LogP contribution in [0.4, 0.5) is 4.39 Å². The lowest BCUT2D eigenvalue weighted by atomic mass is 9.85. The minimum absolute atomic E-state index is 0.0664. The Kier molecular flexibility index (Phi) is 6.44. The highest BCUT2D eigenvalue weighted by molar-refractivity contribution is 8.00. The van der Waals surface area contributed by atoms with E-state index < -0.39 is 5.25 Å². The number of thioether (sulfide) groups is 1.